The number of carbonyl (C=O) groups is 1. The molecule has 0 radical (unpaired) electrons. The van der Waals surface area contributed by atoms with Crippen LogP contribution in [0.25, 0.3) is 0 Å². The van der Waals surface area contributed by atoms with Crippen LogP contribution in [0, 0.1) is 0 Å². The predicted molar refractivity (Wildman–Crippen MR) is 64.3 cm³/mol. The van der Waals surface area contributed by atoms with Crippen LogP contribution in [0.1, 0.15) is 6.42 Å². The van der Waals surface area contributed by atoms with E-state index >= 15 is 0 Å². The second kappa shape index (κ2) is 6.76. The highest BCUT2D eigenvalue weighted by Gasteiger charge is 2.54. The highest BCUT2D eigenvalue weighted by atomic mass is 16.7. The van der Waals surface area contributed by atoms with Crippen LogP contribution < -0.4 is 5.73 Å². The van der Waals surface area contributed by atoms with Crippen LogP contribution in [-0.4, -0.2) is 83.5 Å². The minimum Gasteiger partial charge on any atom is -0.465 e. The summed E-state index contributed by atoms with van der Waals surface area (Å²) >= 11 is 0. The van der Waals surface area contributed by atoms with Crippen LogP contribution >= 0.6 is 0 Å². The molecule has 1 aliphatic heterocycles. The van der Waals surface area contributed by atoms with Gasteiger partial charge in [0.25, 0.3) is 5.79 Å². The highest BCUT2D eigenvalue weighted by Crippen LogP contribution is 2.32. The number of hydrogen-bond donors (Lipinski definition) is 5. The zero-order chi connectivity index (χ0) is 15.5. The summed E-state index contributed by atoms with van der Waals surface area (Å²) in [6.07, 6.45) is -5.98. The van der Waals surface area contributed by atoms with Gasteiger partial charge in [0.2, 0.25) is 0 Å². The first-order valence-corrected chi connectivity index (χ1v) is 6.05. The molecule has 1 fully saturated rings. The van der Waals surface area contributed by atoms with E-state index in [9.17, 15) is 20.1 Å². The number of carbonyl (C=O) groups excluding carboxylic acids is 1. The van der Waals surface area contributed by atoms with Crippen LogP contribution in [0.2, 0.25) is 0 Å². The fraction of sp³-hybridized carbons (Fsp3) is 0.909. The molecule has 0 amide bonds. The average molecular weight is 295 g/mol. The van der Waals surface area contributed by atoms with E-state index in [1.54, 1.807) is 0 Å². The first kappa shape index (κ1) is 17.2. The van der Waals surface area contributed by atoms with Crippen molar-refractivity contribution in [2.45, 2.75) is 42.7 Å². The van der Waals surface area contributed by atoms with Crippen molar-refractivity contribution < 1.29 is 39.4 Å². The Morgan fingerprint density at radius 1 is 1.50 bits per heavy atom. The molecule has 1 saturated heterocycles. The van der Waals surface area contributed by atoms with Crippen LogP contribution in [0.4, 0.5) is 0 Å². The van der Waals surface area contributed by atoms with Gasteiger partial charge in [0.05, 0.1) is 25.9 Å². The van der Waals surface area contributed by atoms with E-state index in [0.717, 1.165) is 7.11 Å². The third-order valence-corrected chi connectivity index (χ3v) is 3.37. The van der Waals surface area contributed by atoms with E-state index in [0.29, 0.717) is 0 Å². The Morgan fingerprint density at radius 3 is 2.55 bits per heavy atom. The molecule has 1 heterocycles. The molecule has 1 rings (SSSR count). The molecule has 1 aliphatic rings. The van der Waals surface area contributed by atoms with Gasteiger partial charge in [-0.2, -0.15) is 0 Å². The van der Waals surface area contributed by atoms with Crippen LogP contribution in [0.5, 0.6) is 0 Å². The Balaban J connectivity index is 3.02. The molecule has 6 N–H and O–H groups in total. The Labute approximate surface area is 115 Å². The lowest BCUT2D eigenvalue weighted by atomic mass is 9.89. The molecule has 4 unspecified atom stereocenters. The molecular formula is C11H21NO8. The first-order chi connectivity index (χ1) is 9.32. The lowest BCUT2D eigenvalue weighted by Crippen LogP contribution is -2.66. The van der Waals surface area contributed by atoms with E-state index in [4.69, 9.17) is 20.3 Å². The summed E-state index contributed by atoms with van der Waals surface area (Å²) in [5.41, 5.74) is 5.70. The third-order valence-electron chi connectivity index (χ3n) is 3.37. The van der Waals surface area contributed by atoms with Gasteiger partial charge in [0.1, 0.15) is 18.3 Å². The van der Waals surface area contributed by atoms with E-state index in [1.165, 1.54) is 7.11 Å². The lowest BCUT2D eigenvalue weighted by molar-refractivity contribution is -0.302. The first-order valence-electron chi connectivity index (χ1n) is 6.05. The lowest BCUT2D eigenvalue weighted by Gasteiger charge is -2.45. The minimum absolute atomic E-state index is 0.282. The maximum atomic E-state index is 11.8. The molecule has 9 heteroatoms. The summed E-state index contributed by atoms with van der Waals surface area (Å²) in [6.45, 7) is -0.734. The molecule has 20 heavy (non-hydrogen) atoms. The van der Waals surface area contributed by atoms with Crippen molar-refractivity contribution in [3.63, 3.8) is 0 Å². The van der Waals surface area contributed by atoms with Crippen molar-refractivity contribution in [2.24, 2.45) is 5.73 Å². The van der Waals surface area contributed by atoms with Gasteiger partial charge in [-0.3, -0.25) is 0 Å². The largest absolute Gasteiger partial charge is 0.465 e. The number of esters is 1. The van der Waals surface area contributed by atoms with Crippen LogP contribution in [-0.2, 0) is 19.0 Å². The minimum atomic E-state index is -1.93. The second-order valence-electron chi connectivity index (χ2n) is 4.62. The molecule has 9 nitrogen and oxygen atoms in total. The number of hydrogen-bond acceptors (Lipinski definition) is 9. The van der Waals surface area contributed by atoms with Crippen molar-refractivity contribution in [3.8, 4) is 0 Å². The number of nitrogens with two attached hydrogens (primary N) is 1. The van der Waals surface area contributed by atoms with Crippen LogP contribution in [0.15, 0.2) is 0 Å². The average Bonchev–Trinajstić information content (AvgIpc) is 2.47. The van der Waals surface area contributed by atoms with E-state index in [2.05, 4.69) is 4.74 Å². The van der Waals surface area contributed by atoms with Gasteiger partial charge in [0.15, 0.2) is 0 Å². The quantitative estimate of drug-likeness (QED) is 0.328. The normalized spacial score (nSPS) is 37.2. The third kappa shape index (κ3) is 3.09. The predicted octanol–water partition coefficient (Wildman–Crippen LogP) is -3.31. The molecule has 0 aromatic rings. The molecule has 118 valence electrons. The van der Waals surface area contributed by atoms with Crippen molar-refractivity contribution in [2.75, 3.05) is 20.8 Å². The standard InChI is InChI=1S/C11H21NO8/c1-18-10(17)11(19-2)3-5(14)7(12)9(20-11)8(16)6(15)4-13/h5-9,13-16H,3-4,12H2,1-2H3/t5?,6-,7?,8-,9?,11?/m1/s1. The molecule has 0 aromatic carbocycles. The number of rotatable bonds is 5. The van der Waals surface area contributed by atoms with Gasteiger partial charge in [0, 0.05) is 13.5 Å². The summed E-state index contributed by atoms with van der Waals surface area (Å²) in [5.74, 6) is -2.83. The van der Waals surface area contributed by atoms with Crippen molar-refractivity contribution in [1.29, 1.82) is 0 Å². The molecule has 0 spiro atoms. The topological polar surface area (TPSA) is 152 Å². The zero-order valence-electron chi connectivity index (χ0n) is 11.3. The Hall–Kier alpha value is -0.810. The van der Waals surface area contributed by atoms with Gasteiger partial charge in [-0.15, -0.1) is 0 Å². The van der Waals surface area contributed by atoms with Crippen molar-refractivity contribution in [3.05, 3.63) is 0 Å². The van der Waals surface area contributed by atoms with Gasteiger partial charge in [-0.25, -0.2) is 4.79 Å². The fourth-order valence-electron chi connectivity index (χ4n) is 2.10. The van der Waals surface area contributed by atoms with Gasteiger partial charge < -0.3 is 40.4 Å². The van der Waals surface area contributed by atoms with Crippen molar-refractivity contribution >= 4 is 5.97 Å². The van der Waals surface area contributed by atoms with E-state index in [-0.39, 0.29) is 6.42 Å². The number of methoxy groups -OCH3 is 2. The molecule has 0 aliphatic carbocycles. The summed E-state index contributed by atoms with van der Waals surface area (Å²) < 4.78 is 14.9. The Morgan fingerprint density at radius 2 is 2.10 bits per heavy atom. The zero-order valence-corrected chi connectivity index (χ0v) is 11.3. The van der Waals surface area contributed by atoms with E-state index in [1.807, 2.05) is 0 Å². The maximum Gasteiger partial charge on any atom is 0.366 e. The fourth-order valence-corrected chi connectivity index (χ4v) is 2.10. The van der Waals surface area contributed by atoms with Crippen molar-refractivity contribution in [1.82, 2.24) is 0 Å². The number of aliphatic hydroxyl groups is 4. The van der Waals surface area contributed by atoms with Crippen LogP contribution in [0.3, 0.4) is 0 Å². The summed E-state index contributed by atoms with van der Waals surface area (Å²) in [5, 5.41) is 38.1. The van der Waals surface area contributed by atoms with Gasteiger partial charge >= 0.3 is 5.97 Å². The van der Waals surface area contributed by atoms with Gasteiger partial charge in [-0.05, 0) is 0 Å². The SMILES string of the molecule is COC(=O)C1(OC)CC(O)C(N)C([C@H](O)[C@H](O)CO)O1. The monoisotopic (exact) mass is 295 g/mol. The Bertz CT molecular complexity index is 340. The molecule has 0 saturated carbocycles. The molecule has 6 atom stereocenters. The molecular weight excluding hydrogens is 274 g/mol. The summed E-state index contributed by atoms with van der Waals surface area (Å²) in [4.78, 5) is 11.8. The second-order valence-corrected chi connectivity index (χ2v) is 4.62. The highest BCUT2D eigenvalue weighted by molar-refractivity contribution is 5.78. The van der Waals surface area contributed by atoms with E-state index < -0.39 is 48.8 Å². The molecule has 0 bridgehead atoms. The van der Waals surface area contributed by atoms with Gasteiger partial charge in [-0.1, -0.05) is 0 Å². The number of aliphatic hydroxyl groups excluding tert-OH is 4. The summed E-state index contributed by atoms with van der Waals surface area (Å²) in [6, 6.07) is -1.07. The smallest absolute Gasteiger partial charge is 0.366 e. The number of ether oxygens (including phenoxy) is 3. The summed E-state index contributed by atoms with van der Waals surface area (Å²) in [7, 11) is 2.29. The Kier molecular flexibility index (Phi) is 5.83. The molecule has 0 aromatic heterocycles. The maximum absolute atomic E-state index is 11.8.